The van der Waals surface area contributed by atoms with Crippen LogP contribution in [-0.2, 0) is 35.8 Å². The number of allylic oxidation sites excluding steroid dienone is 1. The highest BCUT2D eigenvalue weighted by molar-refractivity contribution is 7.88. The molecule has 1 aliphatic carbocycles. The summed E-state index contributed by atoms with van der Waals surface area (Å²) in [5.41, 5.74) is -1.33. The Morgan fingerprint density at radius 1 is 1.07 bits per heavy atom. The molecule has 254 valence electrons. The molecular formula is C32H47N5O8S. The molecule has 1 saturated carbocycles. The van der Waals surface area contributed by atoms with Crippen molar-refractivity contribution in [2.24, 2.45) is 5.92 Å². The van der Waals surface area contributed by atoms with Crippen molar-refractivity contribution in [2.45, 2.75) is 102 Å². The number of benzene rings is 1. The van der Waals surface area contributed by atoms with Crippen LogP contribution in [-0.4, -0.2) is 80.6 Å². The zero-order valence-electron chi connectivity index (χ0n) is 27.1. The van der Waals surface area contributed by atoms with Crippen LogP contribution in [0.5, 0.6) is 5.75 Å². The van der Waals surface area contributed by atoms with Gasteiger partial charge in [0.25, 0.3) is 5.91 Å². The summed E-state index contributed by atoms with van der Waals surface area (Å²) in [5, 5.41) is 5.52. The number of alkyl carbamates (subject to hydrolysis) is 1. The van der Waals surface area contributed by atoms with E-state index in [0.29, 0.717) is 50.8 Å². The minimum atomic E-state index is -4.23. The molecule has 0 spiro atoms. The van der Waals surface area contributed by atoms with Crippen LogP contribution in [0.4, 0.5) is 4.79 Å². The van der Waals surface area contributed by atoms with Gasteiger partial charge in [-0.15, -0.1) is 0 Å². The first-order valence-electron chi connectivity index (χ1n) is 16.0. The highest BCUT2D eigenvalue weighted by Crippen LogP contribution is 2.45. The van der Waals surface area contributed by atoms with Crippen LogP contribution in [0, 0.1) is 5.92 Å². The van der Waals surface area contributed by atoms with E-state index in [2.05, 4.69) is 20.1 Å². The van der Waals surface area contributed by atoms with E-state index in [4.69, 9.17) is 9.47 Å². The number of nitrogens with zero attached hydrogens (tertiary/aromatic N) is 1. The lowest BCUT2D eigenvalue weighted by atomic mass is 10.0. The smallest absolute Gasteiger partial charge is 0.408 e. The SMILES string of the molecule is COc1ccc(CCNS(=O)(=O)NC(=O)[C@@]23C[C@@H]2/C=C\CCCCC[C@H](NC(=O)OC(C)(C)C)C(=O)N2CCC[C@H]2C(=O)N3)cc1. The van der Waals surface area contributed by atoms with Crippen LogP contribution in [0.15, 0.2) is 36.4 Å². The average Bonchev–Trinajstić information content (AvgIpc) is 3.44. The molecule has 13 nitrogen and oxygen atoms in total. The van der Waals surface area contributed by atoms with Crippen LogP contribution in [0.2, 0.25) is 0 Å². The van der Waals surface area contributed by atoms with Crippen LogP contribution in [0.1, 0.15) is 77.7 Å². The van der Waals surface area contributed by atoms with E-state index >= 15 is 0 Å². The maximum Gasteiger partial charge on any atom is 0.408 e. The molecule has 4 amide bonds. The zero-order chi connectivity index (χ0) is 33.5. The molecular weight excluding hydrogens is 614 g/mol. The minimum Gasteiger partial charge on any atom is -0.497 e. The lowest BCUT2D eigenvalue weighted by Crippen LogP contribution is -2.59. The van der Waals surface area contributed by atoms with E-state index in [9.17, 15) is 27.6 Å². The Morgan fingerprint density at radius 3 is 2.50 bits per heavy atom. The molecule has 1 aromatic rings. The van der Waals surface area contributed by atoms with Gasteiger partial charge in [0, 0.05) is 19.0 Å². The summed E-state index contributed by atoms with van der Waals surface area (Å²) in [5.74, 6) is -1.47. The summed E-state index contributed by atoms with van der Waals surface area (Å²) < 4.78 is 40.8. The Labute approximate surface area is 271 Å². The summed E-state index contributed by atoms with van der Waals surface area (Å²) in [6.45, 7) is 5.58. The zero-order valence-corrected chi connectivity index (χ0v) is 27.9. The second-order valence-electron chi connectivity index (χ2n) is 13.2. The molecule has 2 aliphatic heterocycles. The second kappa shape index (κ2) is 14.8. The topological polar surface area (TPSA) is 172 Å². The quantitative estimate of drug-likeness (QED) is 0.308. The molecule has 3 aliphatic rings. The van der Waals surface area contributed by atoms with Gasteiger partial charge in [-0.2, -0.15) is 13.1 Å². The lowest BCUT2D eigenvalue weighted by molar-refractivity contribution is -0.141. The molecule has 1 aromatic carbocycles. The molecule has 1 saturated heterocycles. The fourth-order valence-electron chi connectivity index (χ4n) is 5.91. The highest BCUT2D eigenvalue weighted by atomic mass is 32.2. The van der Waals surface area contributed by atoms with Gasteiger partial charge in [-0.05, 0) is 83.4 Å². The second-order valence-corrected chi connectivity index (χ2v) is 14.7. The number of hydrogen-bond acceptors (Lipinski definition) is 8. The third-order valence-corrected chi connectivity index (χ3v) is 9.46. The average molecular weight is 662 g/mol. The standard InChI is InChI=1S/C32H47N5O8S/c1-31(2,3)45-30(41)34-25-12-9-7-5-6-8-11-23-21-32(23,35-27(38)26-13-10-20-37(26)28(25)39)29(40)36-46(42,43)33-19-18-22-14-16-24(44-4)17-15-22/h8,11,14-17,23,25-26,33H,5-7,9-10,12-13,18-21H2,1-4H3,(H,34,41)(H,35,38)(H,36,40)/b11-8-/t23-,25-,26-,32+/m0/s1. The molecule has 4 N–H and O–H groups in total. The fourth-order valence-corrected chi connectivity index (χ4v) is 6.78. The number of hydrogen-bond donors (Lipinski definition) is 4. The molecule has 46 heavy (non-hydrogen) atoms. The Bertz CT molecular complexity index is 1410. The van der Waals surface area contributed by atoms with Crippen LogP contribution in [0.3, 0.4) is 0 Å². The minimum absolute atomic E-state index is 0.0509. The van der Waals surface area contributed by atoms with Gasteiger partial charge in [0.15, 0.2) is 0 Å². The summed E-state index contributed by atoms with van der Waals surface area (Å²) in [4.78, 5) is 55.0. The fraction of sp³-hybridized carbons (Fsp3) is 0.625. The monoisotopic (exact) mass is 661 g/mol. The third-order valence-electron chi connectivity index (χ3n) is 8.42. The van der Waals surface area contributed by atoms with Crippen molar-refractivity contribution in [3.8, 4) is 5.75 Å². The molecule has 14 heteroatoms. The van der Waals surface area contributed by atoms with Crippen molar-refractivity contribution in [2.75, 3.05) is 20.2 Å². The number of carbonyl (C=O) groups excluding carboxylic acids is 4. The van der Waals surface area contributed by atoms with Crippen molar-refractivity contribution in [3.05, 3.63) is 42.0 Å². The summed E-state index contributed by atoms with van der Waals surface area (Å²) in [6, 6.07) is 5.47. The van der Waals surface area contributed by atoms with Gasteiger partial charge < -0.3 is 25.0 Å². The first-order valence-corrected chi connectivity index (χ1v) is 17.4. The van der Waals surface area contributed by atoms with Crippen molar-refractivity contribution >= 4 is 34.0 Å². The summed E-state index contributed by atoms with van der Waals surface area (Å²) in [6.07, 6.45) is 8.06. The van der Waals surface area contributed by atoms with Crippen molar-refractivity contribution < 1.29 is 37.1 Å². The molecule has 4 rings (SSSR count). The van der Waals surface area contributed by atoms with Gasteiger partial charge in [-0.3, -0.25) is 14.4 Å². The van der Waals surface area contributed by atoms with Crippen molar-refractivity contribution in [1.29, 1.82) is 0 Å². The van der Waals surface area contributed by atoms with Gasteiger partial charge in [0.05, 0.1) is 7.11 Å². The van der Waals surface area contributed by atoms with E-state index in [1.54, 1.807) is 40.0 Å². The van der Waals surface area contributed by atoms with Gasteiger partial charge in [-0.1, -0.05) is 37.1 Å². The third kappa shape index (κ3) is 9.44. The van der Waals surface area contributed by atoms with Crippen molar-refractivity contribution in [1.82, 2.24) is 25.0 Å². The molecule has 2 fully saturated rings. The van der Waals surface area contributed by atoms with E-state index in [0.717, 1.165) is 18.4 Å². The molecule has 0 radical (unpaired) electrons. The number of ether oxygens (including phenoxy) is 2. The molecule has 0 unspecified atom stereocenters. The van der Waals surface area contributed by atoms with Gasteiger partial charge in [-0.25, -0.2) is 9.52 Å². The van der Waals surface area contributed by atoms with Gasteiger partial charge in [0.1, 0.15) is 29.0 Å². The lowest BCUT2D eigenvalue weighted by Gasteiger charge is -2.30. The number of carbonyl (C=O) groups is 4. The van der Waals surface area contributed by atoms with Crippen molar-refractivity contribution in [3.63, 3.8) is 0 Å². The Kier molecular flexibility index (Phi) is 11.4. The maximum absolute atomic E-state index is 13.7. The Balaban J connectivity index is 1.45. The summed E-state index contributed by atoms with van der Waals surface area (Å²) in [7, 11) is -2.67. The molecule has 4 atom stereocenters. The Morgan fingerprint density at radius 2 is 1.80 bits per heavy atom. The highest BCUT2D eigenvalue weighted by Gasteiger charge is 2.61. The molecule has 0 aromatic heterocycles. The summed E-state index contributed by atoms with van der Waals surface area (Å²) >= 11 is 0. The predicted molar refractivity (Wildman–Crippen MR) is 171 cm³/mol. The van der Waals surface area contributed by atoms with Crippen LogP contribution in [0.25, 0.3) is 0 Å². The number of fused-ring (bicyclic) bond motifs is 2. The Hall–Kier alpha value is -3.65. The van der Waals surface area contributed by atoms with E-state index < -0.39 is 57.3 Å². The predicted octanol–water partition coefficient (Wildman–Crippen LogP) is 2.47. The number of amides is 4. The number of methoxy groups -OCH3 is 1. The van der Waals surface area contributed by atoms with Crippen LogP contribution >= 0.6 is 0 Å². The van der Waals surface area contributed by atoms with Crippen LogP contribution < -0.4 is 24.8 Å². The van der Waals surface area contributed by atoms with Gasteiger partial charge >= 0.3 is 16.3 Å². The van der Waals surface area contributed by atoms with E-state index in [1.165, 1.54) is 4.90 Å². The maximum atomic E-state index is 13.7. The first-order chi connectivity index (χ1) is 21.7. The first kappa shape index (κ1) is 35.2. The molecule has 2 heterocycles. The van der Waals surface area contributed by atoms with Gasteiger partial charge in [0.2, 0.25) is 11.8 Å². The number of rotatable bonds is 8. The largest absolute Gasteiger partial charge is 0.497 e. The molecule has 0 bridgehead atoms. The number of nitrogens with one attached hydrogen (secondary N) is 4. The van der Waals surface area contributed by atoms with E-state index in [1.807, 2.05) is 24.3 Å². The normalized spacial score (nSPS) is 26.3. The van der Waals surface area contributed by atoms with E-state index in [-0.39, 0.29) is 18.9 Å².